The van der Waals surface area contributed by atoms with Gasteiger partial charge in [0, 0.05) is 28.4 Å². The molecule has 0 aliphatic heterocycles. The van der Waals surface area contributed by atoms with Gasteiger partial charge in [-0.25, -0.2) is 0 Å². The van der Waals surface area contributed by atoms with E-state index in [4.69, 9.17) is 4.74 Å². The van der Waals surface area contributed by atoms with E-state index < -0.39 is 0 Å². The number of rotatable bonds is 9. The molecule has 1 heterocycles. The molecule has 2 aromatic carbocycles. The molecule has 0 saturated heterocycles. The molecule has 3 rings (SSSR count). The zero-order valence-electron chi connectivity index (χ0n) is 17.1. The lowest BCUT2D eigenvalue weighted by Crippen LogP contribution is -2.29. The van der Waals surface area contributed by atoms with Gasteiger partial charge in [0.15, 0.2) is 0 Å². The number of carbonyl (C=O) groups is 2. The summed E-state index contributed by atoms with van der Waals surface area (Å²) in [5.41, 5.74) is 1.86. The van der Waals surface area contributed by atoms with Crippen LogP contribution in [0.1, 0.15) is 22.2 Å². The standard InChI is InChI=1S/C23H25N3O3S/c1-3-29-20-12-10-19(11-13-20)25-23(28)17-6-8-18(9-7-17)24-22(27)16-26(2)15-21-5-4-14-30-21/h4-14H,3,15-16H2,1-2H3,(H,24,27)(H,25,28). The van der Waals surface area contributed by atoms with Gasteiger partial charge in [0.2, 0.25) is 5.91 Å². The summed E-state index contributed by atoms with van der Waals surface area (Å²) < 4.78 is 5.40. The molecular weight excluding hydrogens is 398 g/mol. The molecule has 0 aliphatic rings. The van der Waals surface area contributed by atoms with Gasteiger partial charge in [-0.15, -0.1) is 11.3 Å². The molecule has 0 unspecified atom stereocenters. The molecule has 7 heteroatoms. The molecule has 6 nitrogen and oxygen atoms in total. The Morgan fingerprint density at radius 2 is 1.63 bits per heavy atom. The maximum Gasteiger partial charge on any atom is 0.255 e. The van der Waals surface area contributed by atoms with E-state index in [0.717, 1.165) is 12.3 Å². The fourth-order valence-corrected chi connectivity index (χ4v) is 3.66. The molecule has 3 aromatic rings. The molecule has 2 N–H and O–H groups in total. The van der Waals surface area contributed by atoms with E-state index in [2.05, 4.69) is 16.7 Å². The highest BCUT2D eigenvalue weighted by atomic mass is 32.1. The Kier molecular flexibility index (Phi) is 7.59. The number of hydrogen-bond acceptors (Lipinski definition) is 5. The van der Waals surface area contributed by atoms with Gasteiger partial charge in [-0.1, -0.05) is 6.07 Å². The lowest BCUT2D eigenvalue weighted by Gasteiger charge is -2.15. The molecule has 0 radical (unpaired) electrons. The summed E-state index contributed by atoms with van der Waals surface area (Å²) in [7, 11) is 1.91. The van der Waals surface area contributed by atoms with Crippen LogP contribution >= 0.6 is 11.3 Å². The average molecular weight is 424 g/mol. The maximum atomic E-state index is 12.4. The van der Waals surface area contributed by atoms with Crippen molar-refractivity contribution in [2.75, 3.05) is 30.8 Å². The van der Waals surface area contributed by atoms with Gasteiger partial charge >= 0.3 is 0 Å². The molecule has 2 amide bonds. The van der Waals surface area contributed by atoms with E-state index >= 15 is 0 Å². The predicted molar refractivity (Wildman–Crippen MR) is 121 cm³/mol. The monoisotopic (exact) mass is 423 g/mol. The summed E-state index contributed by atoms with van der Waals surface area (Å²) in [6.45, 7) is 3.54. The minimum atomic E-state index is -0.215. The van der Waals surface area contributed by atoms with Gasteiger partial charge in [-0.05, 0) is 73.9 Å². The molecular formula is C23H25N3O3S. The summed E-state index contributed by atoms with van der Waals surface area (Å²) in [6.07, 6.45) is 0. The van der Waals surface area contributed by atoms with Crippen LogP contribution in [0.4, 0.5) is 11.4 Å². The summed E-state index contributed by atoms with van der Waals surface area (Å²) in [5.74, 6) is 0.449. The molecule has 0 fully saturated rings. The van der Waals surface area contributed by atoms with Crippen LogP contribution in [0.3, 0.4) is 0 Å². The quantitative estimate of drug-likeness (QED) is 0.533. The van der Waals surface area contributed by atoms with Crippen molar-refractivity contribution < 1.29 is 14.3 Å². The zero-order valence-corrected chi connectivity index (χ0v) is 17.9. The van der Waals surface area contributed by atoms with E-state index in [9.17, 15) is 9.59 Å². The molecule has 0 saturated carbocycles. The van der Waals surface area contributed by atoms with Crippen LogP contribution in [0, 0.1) is 0 Å². The SMILES string of the molecule is CCOc1ccc(NC(=O)c2ccc(NC(=O)CN(C)Cc3cccs3)cc2)cc1. The Balaban J connectivity index is 1.49. The molecule has 0 bridgehead atoms. The predicted octanol–water partition coefficient (Wildman–Crippen LogP) is 4.47. The lowest BCUT2D eigenvalue weighted by atomic mass is 10.2. The second-order valence-electron chi connectivity index (χ2n) is 6.79. The number of amides is 2. The smallest absolute Gasteiger partial charge is 0.255 e. The summed E-state index contributed by atoms with van der Waals surface area (Å²) in [5, 5.41) is 7.74. The van der Waals surface area contributed by atoms with Crippen LogP contribution in [0.25, 0.3) is 0 Å². The number of hydrogen-bond donors (Lipinski definition) is 2. The fraction of sp³-hybridized carbons (Fsp3) is 0.217. The number of anilines is 2. The third-order valence-electron chi connectivity index (χ3n) is 4.27. The van der Waals surface area contributed by atoms with Crippen molar-refractivity contribution in [1.29, 1.82) is 0 Å². The van der Waals surface area contributed by atoms with Crippen molar-refractivity contribution in [3.8, 4) is 5.75 Å². The molecule has 156 valence electrons. The zero-order chi connectivity index (χ0) is 21.3. The van der Waals surface area contributed by atoms with Gasteiger partial charge in [0.25, 0.3) is 5.91 Å². The Morgan fingerprint density at radius 1 is 0.967 bits per heavy atom. The number of nitrogens with zero attached hydrogens (tertiary/aromatic N) is 1. The maximum absolute atomic E-state index is 12.4. The highest BCUT2D eigenvalue weighted by molar-refractivity contribution is 7.09. The van der Waals surface area contributed by atoms with Crippen molar-refractivity contribution >= 4 is 34.5 Å². The van der Waals surface area contributed by atoms with Crippen LogP contribution in [0.15, 0.2) is 66.0 Å². The Bertz CT molecular complexity index is 954. The molecule has 1 aromatic heterocycles. The molecule has 30 heavy (non-hydrogen) atoms. The van der Waals surface area contributed by atoms with Crippen LogP contribution in [-0.4, -0.2) is 36.9 Å². The number of thiophene rings is 1. The molecule has 0 atom stereocenters. The lowest BCUT2D eigenvalue weighted by molar-refractivity contribution is -0.117. The highest BCUT2D eigenvalue weighted by Gasteiger charge is 2.10. The summed E-state index contributed by atoms with van der Waals surface area (Å²) >= 11 is 1.67. The van der Waals surface area contributed by atoms with Gasteiger partial charge in [-0.3, -0.25) is 14.5 Å². The minimum Gasteiger partial charge on any atom is -0.494 e. The van der Waals surface area contributed by atoms with E-state index in [1.165, 1.54) is 4.88 Å². The van der Waals surface area contributed by atoms with Crippen molar-refractivity contribution in [1.82, 2.24) is 4.90 Å². The van der Waals surface area contributed by atoms with Gasteiger partial charge < -0.3 is 15.4 Å². The largest absolute Gasteiger partial charge is 0.494 e. The average Bonchev–Trinajstić information content (AvgIpc) is 3.23. The van der Waals surface area contributed by atoms with Crippen LogP contribution < -0.4 is 15.4 Å². The summed E-state index contributed by atoms with van der Waals surface area (Å²) in [4.78, 5) is 27.8. The van der Waals surface area contributed by atoms with Crippen molar-refractivity contribution in [2.24, 2.45) is 0 Å². The second kappa shape index (κ2) is 10.6. The molecule has 0 spiro atoms. The van der Waals surface area contributed by atoms with Gasteiger partial charge in [0.1, 0.15) is 5.75 Å². The third-order valence-corrected chi connectivity index (χ3v) is 5.13. The van der Waals surface area contributed by atoms with Crippen LogP contribution in [0.2, 0.25) is 0 Å². The fourth-order valence-electron chi connectivity index (χ4n) is 2.88. The Hall–Kier alpha value is -3.16. The van der Waals surface area contributed by atoms with E-state index in [1.54, 1.807) is 47.7 Å². The van der Waals surface area contributed by atoms with E-state index in [-0.39, 0.29) is 18.4 Å². The number of nitrogens with one attached hydrogen (secondary N) is 2. The first-order valence-electron chi connectivity index (χ1n) is 9.68. The second-order valence-corrected chi connectivity index (χ2v) is 7.82. The van der Waals surface area contributed by atoms with Crippen molar-refractivity contribution in [3.05, 3.63) is 76.5 Å². The van der Waals surface area contributed by atoms with E-state index in [0.29, 0.717) is 23.5 Å². The Morgan fingerprint density at radius 3 is 2.27 bits per heavy atom. The molecule has 0 aliphatic carbocycles. The topological polar surface area (TPSA) is 70.7 Å². The normalized spacial score (nSPS) is 10.6. The highest BCUT2D eigenvalue weighted by Crippen LogP contribution is 2.17. The van der Waals surface area contributed by atoms with Gasteiger partial charge in [0.05, 0.1) is 13.2 Å². The van der Waals surface area contributed by atoms with Crippen LogP contribution in [0.5, 0.6) is 5.75 Å². The van der Waals surface area contributed by atoms with Gasteiger partial charge in [-0.2, -0.15) is 0 Å². The first kappa shape index (κ1) is 21.5. The minimum absolute atomic E-state index is 0.0966. The first-order chi connectivity index (χ1) is 14.5. The summed E-state index contributed by atoms with van der Waals surface area (Å²) in [6, 6.07) is 18.1. The number of ether oxygens (including phenoxy) is 1. The Labute approximate surface area is 180 Å². The van der Waals surface area contributed by atoms with Crippen LogP contribution in [-0.2, 0) is 11.3 Å². The number of benzene rings is 2. The van der Waals surface area contributed by atoms with Crippen molar-refractivity contribution in [3.63, 3.8) is 0 Å². The van der Waals surface area contributed by atoms with Crippen molar-refractivity contribution in [2.45, 2.75) is 13.5 Å². The van der Waals surface area contributed by atoms with E-state index in [1.807, 2.05) is 42.5 Å². The number of likely N-dealkylation sites (N-methyl/N-ethyl adjacent to an activating group) is 1. The number of carbonyl (C=O) groups excluding carboxylic acids is 2. The first-order valence-corrected chi connectivity index (χ1v) is 10.6. The third kappa shape index (κ3) is 6.43.